The lowest BCUT2D eigenvalue weighted by molar-refractivity contribution is 0.583. The number of hydrogen-bond donors (Lipinski definition) is 1. The highest BCUT2D eigenvalue weighted by molar-refractivity contribution is 6.04. The molecule has 1 N–H and O–H groups in total. The Labute approximate surface area is 49.0 Å². The third-order valence-corrected chi connectivity index (χ3v) is 1.47. The van der Waals surface area contributed by atoms with Gasteiger partial charge >= 0.3 is 0 Å². The smallest absolute Gasteiger partial charge is 0.0749 e. The SMILES string of the molecule is CC(C)CCN[SiH3]. The topological polar surface area (TPSA) is 12.0 Å². The average Bonchev–Trinajstić information content (AvgIpc) is 1.61. The maximum atomic E-state index is 3.24. The third kappa shape index (κ3) is 6.18. The van der Waals surface area contributed by atoms with Crippen LogP contribution in [0, 0.1) is 5.92 Å². The molecule has 0 aromatic carbocycles. The van der Waals surface area contributed by atoms with Crippen molar-refractivity contribution in [1.29, 1.82) is 0 Å². The normalized spacial score (nSPS) is 10.7. The van der Waals surface area contributed by atoms with Crippen LogP contribution in [0.3, 0.4) is 0 Å². The Balaban J connectivity index is 2.68. The first-order valence-electron chi connectivity index (χ1n) is 2.92. The molecule has 0 fully saturated rings. The molecule has 0 bridgehead atoms. The first kappa shape index (κ1) is 7.18. The van der Waals surface area contributed by atoms with E-state index in [1.54, 1.807) is 0 Å². The van der Waals surface area contributed by atoms with Crippen LogP contribution >= 0.6 is 0 Å². The summed E-state index contributed by atoms with van der Waals surface area (Å²) < 4.78 is 0. The van der Waals surface area contributed by atoms with E-state index in [9.17, 15) is 0 Å². The van der Waals surface area contributed by atoms with E-state index >= 15 is 0 Å². The van der Waals surface area contributed by atoms with E-state index < -0.39 is 0 Å². The summed E-state index contributed by atoms with van der Waals surface area (Å²) in [6, 6.07) is 0. The highest BCUT2D eigenvalue weighted by Crippen LogP contribution is 1.94. The number of rotatable bonds is 3. The molecule has 0 heterocycles. The minimum atomic E-state index is 0.862. The molecule has 0 unspecified atom stereocenters. The van der Waals surface area contributed by atoms with Gasteiger partial charge < -0.3 is 4.98 Å². The van der Waals surface area contributed by atoms with Gasteiger partial charge in [0.2, 0.25) is 0 Å². The van der Waals surface area contributed by atoms with Crippen LogP contribution in [0.4, 0.5) is 0 Å². The predicted molar refractivity (Wildman–Crippen MR) is 37.4 cm³/mol. The van der Waals surface area contributed by atoms with E-state index in [1.165, 1.54) is 13.0 Å². The molecule has 0 radical (unpaired) electrons. The van der Waals surface area contributed by atoms with E-state index in [0.29, 0.717) is 0 Å². The lowest BCUT2D eigenvalue weighted by Gasteiger charge is -2.00. The van der Waals surface area contributed by atoms with Crippen molar-refractivity contribution < 1.29 is 0 Å². The predicted octanol–water partition coefficient (Wildman–Crippen LogP) is -0.0975. The van der Waals surface area contributed by atoms with Gasteiger partial charge in [-0.05, 0) is 18.9 Å². The van der Waals surface area contributed by atoms with Gasteiger partial charge in [-0.3, -0.25) is 0 Å². The lowest BCUT2D eigenvalue weighted by Crippen LogP contribution is -2.11. The minimum absolute atomic E-state index is 0.862. The highest BCUT2D eigenvalue weighted by atomic mass is 28.2. The Bertz CT molecular complexity index is 37.1. The van der Waals surface area contributed by atoms with Crippen molar-refractivity contribution in [2.75, 3.05) is 6.54 Å². The van der Waals surface area contributed by atoms with Crippen LogP contribution in [-0.2, 0) is 0 Å². The second-order valence-electron chi connectivity index (χ2n) is 2.29. The van der Waals surface area contributed by atoms with Crippen molar-refractivity contribution in [2.45, 2.75) is 20.3 Å². The van der Waals surface area contributed by atoms with Gasteiger partial charge in [-0.1, -0.05) is 13.8 Å². The minimum Gasteiger partial charge on any atom is -0.345 e. The van der Waals surface area contributed by atoms with Gasteiger partial charge in [0.05, 0.1) is 10.4 Å². The molecule has 0 aliphatic rings. The Morgan fingerprint density at radius 3 is 2.29 bits per heavy atom. The quantitative estimate of drug-likeness (QED) is 0.509. The van der Waals surface area contributed by atoms with E-state index in [0.717, 1.165) is 16.3 Å². The zero-order valence-electron chi connectivity index (χ0n) is 5.49. The summed E-state index contributed by atoms with van der Waals surface area (Å²) in [5, 5.41) is 0. The molecule has 44 valence electrons. The largest absolute Gasteiger partial charge is 0.345 e. The van der Waals surface area contributed by atoms with Crippen molar-refractivity contribution in [1.82, 2.24) is 4.98 Å². The summed E-state index contributed by atoms with van der Waals surface area (Å²) >= 11 is 0. The molecule has 0 atom stereocenters. The van der Waals surface area contributed by atoms with Crippen LogP contribution in [0.5, 0.6) is 0 Å². The fraction of sp³-hybridized carbons (Fsp3) is 1.00. The molecule has 7 heavy (non-hydrogen) atoms. The van der Waals surface area contributed by atoms with Crippen molar-refractivity contribution in [3.63, 3.8) is 0 Å². The fourth-order valence-electron chi connectivity index (χ4n) is 0.433. The highest BCUT2D eigenvalue weighted by Gasteiger charge is 1.88. The first-order valence-corrected chi connectivity index (χ1v) is 3.92. The van der Waals surface area contributed by atoms with E-state index in [4.69, 9.17) is 0 Å². The van der Waals surface area contributed by atoms with Crippen molar-refractivity contribution in [2.24, 2.45) is 5.92 Å². The summed E-state index contributed by atoms with van der Waals surface area (Å²) in [7, 11) is 1.14. The molecule has 0 aliphatic carbocycles. The molecule has 0 aliphatic heterocycles. The first-order chi connectivity index (χ1) is 3.27. The van der Waals surface area contributed by atoms with Gasteiger partial charge in [0.25, 0.3) is 0 Å². The fourth-order valence-corrected chi connectivity index (χ4v) is 0.722. The Kier molecular flexibility index (Phi) is 4.45. The third-order valence-electron chi connectivity index (χ3n) is 0.972. The van der Waals surface area contributed by atoms with Crippen molar-refractivity contribution in [3.8, 4) is 0 Å². The van der Waals surface area contributed by atoms with Crippen LogP contribution in [0.15, 0.2) is 0 Å². The van der Waals surface area contributed by atoms with Gasteiger partial charge in [0.15, 0.2) is 0 Å². The summed E-state index contributed by atoms with van der Waals surface area (Å²) in [5.41, 5.74) is 0. The van der Waals surface area contributed by atoms with Gasteiger partial charge in [-0.25, -0.2) is 0 Å². The lowest BCUT2D eigenvalue weighted by atomic mass is 10.1. The molecule has 0 spiro atoms. The summed E-state index contributed by atoms with van der Waals surface area (Å²) in [4.78, 5) is 3.24. The van der Waals surface area contributed by atoms with Gasteiger partial charge in [0.1, 0.15) is 0 Å². The van der Waals surface area contributed by atoms with Gasteiger partial charge in [-0.2, -0.15) is 0 Å². The molecule has 0 aromatic heterocycles. The molecule has 1 nitrogen and oxygen atoms in total. The maximum absolute atomic E-state index is 3.24. The molecule has 0 rings (SSSR count). The molecular formula is C5H15NSi. The van der Waals surface area contributed by atoms with E-state index in [-0.39, 0.29) is 0 Å². The zero-order valence-corrected chi connectivity index (χ0v) is 7.49. The summed E-state index contributed by atoms with van der Waals surface area (Å²) in [5.74, 6) is 0.862. The Morgan fingerprint density at radius 1 is 1.57 bits per heavy atom. The zero-order chi connectivity index (χ0) is 5.70. The van der Waals surface area contributed by atoms with Crippen molar-refractivity contribution in [3.05, 3.63) is 0 Å². The van der Waals surface area contributed by atoms with Crippen LogP contribution in [0.2, 0.25) is 0 Å². The van der Waals surface area contributed by atoms with Crippen LogP contribution < -0.4 is 4.98 Å². The van der Waals surface area contributed by atoms with Gasteiger partial charge in [0, 0.05) is 0 Å². The second kappa shape index (κ2) is 4.34. The number of nitrogens with one attached hydrogen (secondary N) is 1. The summed E-state index contributed by atoms with van der Waals surface area (Å²) in [6.45, 7) is 5.71. The van der Waals surface area contributed by atoms with E-state index in [2.05, 4.69) is 18.8 Å². The maximum Gasteiger partial charge on any atom is 0.0749 e. The van der Waals surface area contributed by atoms with Gasteiger partial charge in [-0.15, -0.1) is 0 Å². The molecule has 0 amide bonds. The molecule has 2 heteroatoms. The second-order valence-corrected chi connectivity index (χ2v) is 2.99. The molecular weight excluding hydrogens is 102 g/mol. The summed E-state index contributed by atoms with van der Waals surface area (Å²) in [6.07, 6.45) is 1.32. The Hall–Kier alpha value is 0.177. The Morgan fingerprint density at radius 2 is 2.14 bits per heavy atom. The van der Waals surface area contributed by atoms with Crippen LogP contribution in [0.25, 0.3) is 0 Å². The standard InChI is InChI=1S/C5H15NSi/c1-5(2)3-4-6-7/h5-6H,3-4H2,1-2,7H3. The molecule has 0 saturated carbocycles. The average molecular weight is 117 g/mol. The molecule has 0 saturated heterocycles. The monoisotopic (exact) mass is 117 g/mol. The van der Waals surface area contributed by atoms with E-state index in [1.807, 2.05) is 0 Å². The molecule has 0 aromatic rings. The van der Waals surface area contributed by atoms with Crippen molar-refractivity contribution >= 4 is 10.4 Å². The number of hydrogen-bond acceptors (Lipinski definition) is 1. The van der Waals surface area contributed by atoms with Crippen LogP contribution in [0.1, 0.15) is 20.3 Å². The van der Waals surface area contributed by atoms with Crippen LogP contribution in [-0.4, -0.2) is 16.9 Å².